The second kappa shape index (κ2) is 6.50. The predicted octanol–water partition coefficient (Wildman–Crippen LogP) is 1.22. The first kappa shape index (κ1) is 15.4. The molecule has 1 rings (SSSR count). The number of hydrogen-bond acceptors (Lipinski definition) is 5. The lowest BCUT2D eigenvalue weighted by molar-refractivity contribution is 0.371. The van der Waals surface area contributed by atoms with Gasteiger partial charge in [0.15, 0.2) is 5.03 Å². The van der Waals surface area contributed by atoms with Crippen LogP contribution < -0.4 is 5.73 Å². The monoisotopic (exact) mass is 282 g/mol. The number of pyridine rings is 1. The van der Waals surface area contributed by atoms with Crippen LogP contribution in [-0.4, -0.2) is 30.8 Å². The molecule has 0 radical (unpaired) electrons. The van der Waals surface area contributed by atoms with Gasteiger partial charge in [-0.3, -0.25) is 0 Å². The van der Waals surface area contributed by atoms with Gasteiger partial charge in [-0.05, 0) is 18.1 Å². The van der Waals surface area contributed by atoms with Gasteiger partial charge < -0.3 is 5.73 Å². The molecule has 0 atom stereocenters. The third kappa shape index (κ3) is 3.91. The lowest BCUT2D eigenvalue weighted by atomic mass is 10.2. The molecule has 0 spiro atoms. The Morgan fingerprint density at radius 1 is 1.53 bits per heavy atom. The molecule has 6 nitrogen and oxygen atoms in total. The molecule has 1 aromatic heterocycles. The molecule has 2 N–H and O–H groups in total. The number of anilines is 1. The summed E-state index contributed by atoms with van der Waals surface area (Å²) in [5, 5.41) is 8.48. The fourth-order valence-electron chi connectivity index (χ4n) is 1.63. The van der Waals surface area contributed by atoms with Crippen LogP contribution in [0.2, 0.25) is 0 Å². The highest BCUT2D eigenvalue weighted by Crippen LogP contribution is 2.20. The molecular weight excluding hydrogens is 264 g/mol. The smallest absolute Gasteiger partial charge is 0.262 e. The zero-order valence-corrected chi connectivity index (χ0v) is 11.9. The molecular formula is C12H18N4O2S. The van der Waals surface area contributed by atoms with Crippen molar-refractivity contribution in [3.05, 3.63) is 18.3 Å². The van der Waals surface area contributed by atoms with Gasteiger partial charge in [0.25, 0.3) is 10.0 Å². The molecule has 7 heteroatoms. The molecule has 0 aliphatic rings. The Hall–Kier alpha value is -1.65. The van der Waals surface area contributed by atoms with Crippen LogP contribution in [0.3, 0.4) is 0 Å². The second-order valence-electron chi connectivity index (χ2n) is 4.56. The summed E-state index contributed by atoms with van der Waals surface area (Å²) >= 11 is 0. The van der Waals surface area contributed by atoms with E-state index in [0.717, 1.165) is 0 Å². The van der Waals surface area contributed by atoms with Gasteiger partial charge in [-0.2, -0.15) is 9.57 Å². The van der Waals surface area contributed by atoms with Crippen LogP contribution in [0.1, 0.15) is 20.3 Å². The Balaban J connectivity index is 3.12. The van der Waals surface area contributed by atoms with Crippen LogP contribution in [0.25, 0.3) is 0 Å². The molecule has 0 fully saturated rings. The first-order valence-electron chi connectivity index (χ1n) is 5.97. The number of rotatable bonds is 6. The Morgan fingerprint density at radius 3 is 2.74 bits per heavy atom. The number of nitrogens with zero attached hydrogens (tertiary/aromatic N) is 3. The molecule has 0 unspecified atom stereocenters. The summed E-state index contributed by atoms with van der Waals surface area (Å²) in [4.78, 5) is 3.85. The van der Waals surface area contributed by atoms with E-state index in [9.17, 15) is 8.42 Å². The van der Waals surface area contributed by atoms with Crippen LogP contribution in [0, 0.1) is 17.2 Å². The normalized spacial score (nSPS) is 11.7. The van der Waals surface area contributed by atoms with Gasteiger partial charge in [0.1, 0.15) is 0 Å². The maximum absolute atomic E-state index is 12.5. The van der Waals surface area contributed by atoms with Gasteiger partial charge in [0, 0.05) is 25.7 Å². The Bertz CT molecular complexity index is 563. The van der Waals surface area contributed by atoms with Crippen molar-refractivity contribution in [3.63, 3.8) is 0 Å². The SMILES string of the molecule is CC(C)CN(CCC#N)S(=O)(=O)c1ncccc1N. The van der Waals surface area contributed by atoms with Crippen molar-refractivity contribution in [1.29, 1.82) is 5.26 Å². The van der Waals surface area contributed by atoms with Crippen LogP contribution in [0.5, 0.6) is 0 Å². The molecule has 0 bridgehead atoms. The number of hydrogen-bond donors (Lipinski definition) is 1. The minimum atomic E-state index is -3.75. The zero-order chi connectivity index (χ0) is 14.5. The average Bonchev–Trinajstić information content (AvgIpc) is 2.34. The highest BCUT2D eigenvalue weighted by atomic mass is 32.2. The summed E-state index contributed by atoms with van der Waals surface area (Å²) in [5.74, 6) is 0.151. The topological polar surface area (TPSA) is 100 Å². The average molecular weight is 282 g/mol. The van der Waals surface area contributed by atoms with Gasteiger partial charge in [0.05, 0.1) is 11.8 Å². The molecule has 0 amide bonds. The minimum absolute atomic E-state index is 0.119. The van der Waals surface area contributed by atoms with Gasteiger partial charge in [-0.1, -0.05) is 13.8 Å². The van der Waals surface area contributed by atoms with E-state index in [1.165, 1.54) is 16.6 Å². The molecule has 1 heterocycles. The van der Waals surface area contributed by atoms with Crippen molar-refractivity contribution in [1.82, 2.24) is 9.29 Å². The van der Waals surface area contributed by atoms with Crippen LogP contribution >= 0.6 is 0 Å². The van der Waals surface area contributed by atoms with E-state index in [1.54, 1.807) is 6.07 Å². The first-order valence-corrected chi connectivity index (χ1v) is 7.41. The number of aromatic nitrogens is 1. The summed E-state index contributed by atoms with van der Waals surface area (Å²) in [6.45, 7) is 4.31. The van der Waals surface area contributed by atoms with Crippen molar-refractivity contribution in [3.8, 4) is 6.07 Å². The highest BCUT2D eigenvalue weighted by molar-refractivity contribution is 7.89. The molecule has 19 heavy (non-hydrogen) atoms. The van der Waals surface area contributed by atoms with E-state index in [1.807, 2.05) is 19.9 Å². The van der Waals surface area contributed by atoms with Crippen LogP contribution in [-0.2, 0) is 10.0 Å². The summed E-state index contributed by atoms with van der Waals surface area (Å²) in [5.41, 5.74) is 5.79. The largest absolute Gasteiger partial charge is 0.396 e. The third-order valence-electron chi connectivity index (χ3n) is 2.43. The fraction of sp³-hybridized carbons (Fsp3) is 0.500. The highest BCUT2D eigenvalue weighted by Gasteiger charge is 2.27. The molecule has 0 saturated carbocycles. The van der Waals surface area contributed by atoms with Crippen LogP contribution in [0.15, 0.2) is 23.4 Å². The molecule has 0 aliphatic heterocycles. The Morgan fingerprint density at radius 2 is 2.21 bits per heavy atom. The summed E-state index contributed by atoms with van der Waals surface area (Å²) in [6, 6.07) is 5.03. The maximum atomic E-state index is 12.5. The Kier molecular flexibility index (Phi) is 5.27. The van der Waals surface area contributed by atoms with E-state index in [2.05, 4.69) is 4.98 Å². The second-order valence-corrected chi connectivity index (χ2v) is 6.42. The van der Waals surface area contributed by atoms with Crippen molar-refractivity contribution < 1.29 is 8.42 Å². The van der Waals surface area contributed by atoms with E-state index < -0.39 is 10.0 Å². The van der Waals surface area contributed by atoms with Crippen molar-refractivity contribution >= 4 is 15.7 Å². The standard InChI is InChI=1S/C12H18N4O2S/c1-10(2)9-16(8-4-6-13)19(17,18)12-11(14)5-3-7-15-12/h3,5,7,10H,4,8-9,14H2,1-2H3. The Labute approximate surface area is 113 Å². The molecule has 0 saturated heterocycles. The summed E-state index contributed by atoms with van der Waals surface area (Å²) < 4.78 is 26.2. The van der Waals surface area contributed by atoms with E-state index >= 15 is 0 Å². The van der Waals surface area contributed by atoms with Crippen molar-refractivity contribution in [2.24, 2.45) is 5.92 Å². The molecule has 0 aliphatic carbocycles. The molecule has 104 valence electrons. The lowest BCUT2D eigenvalue weighted by Crippen LogP contribution is -2.35. The fourth-order valence-corrected chi connectivity index (χ4v) is 3.26. The van der Waals surface area contributed by atoms with Crippen LogP contribution in [0.4, 0.5) is 5.69 Å². The number of nitrogens with two attached hydrogens (primary N) is 1. The van der Waals surface area contributed by atoms with Crippen molar-refractivity contribution in [2.75, 3.05) is 18.8 Å². The van der Waals surface area contributed by atoms with Gasteiger partial charge in [-0.25, -0.2) is 13.4 Å². The van der Waals surface area contributed by atoms with Gasteiger partial charge >= 0.3 is 0 Å². The van der Waals surface area contributed by atoms with Crippen molar-refractivity contribution in [2.45, 2.75) is 25.3 Å². The molecule has 0 aromatic carbocycles. The number of nitriles is 1. The molecule has 1 aromatic rings. The van der Waals surface area contributed by atoms with E-state index in [-0.39, 0.29) is 29.6 Å². The zero-order valence-electron chi connectivity index (χ0n) is 11.1. The predicted molar refractivity (Wildman–Crippen MR) is 72.5 cm³/mol. The minimum Gasteiger partial charge on any atom is -0.396 e. The quantitative estimate of drug-likeness (QED) is 0.845. The number of sulfonamides is 1. The lowest BCUT2D eigenvalue weighted by Gasteiger charge is -2.22. The third-order valence-corrected chi connectivity index (χ3v) is 4.27. The summed E-state index contributed by atoms with van der Waals surface area (Å²) in [6.07, 6.45) is 1.53. The number of nitrogen functional groups attached to an aromatic ring is 1. The summed E-state index contributed by atoms with van der Waals surface area (Å²) in [7, 11) is -3.75. The first-order chi connectivity index (χ1) is 8.89. The van der Waals surface area contributed by atoms with Gasteiger partial charge in [-0.15, -0.1) is 0 Å². The van der Waals surface area contributed by atoms with Gasteiger partial charge in [0.2, 0.25) is 0 Å². The van der Waals surface area contributed by atoms with E-state index in [4.69, 9.17) is 11.0 Å². The maximum Gasteiger partial charge on any atom is 0.262 e. The van der Waals surface area contributed by atoms with E-state index in [0.29, 0.717) is 6.54 Å².